The van der Waals surface area contributed by atoms with E-state index in [1.54, 1.807) is 0 Å². The number of rotatable bonds is 6. The minimum absolute atomic E-state index is 0.0797. The molecule has 19 heavy (non-hydrogen) atoms. The molecule has 0 bridgehead atoms. The monoisotopic (exact) mass is 263 g/mol. The van der Waals surface area contributed by atoms with Gasteiger partial charge in [0, 0.05) is 32.2 Å². The second kappa shape index (κ2) is 6.72. The van der Waals surface area contributed by atoms with E-state index in [4.69, 9.17) is 0 Å². The van der Waals surface area contributed by atoms with Crippen LogP contribution in [-0.4, -0.2) is 48.6 Å². The van der Waals surface area contributed by atoms with Crippen LogP contribution in [0.4, 0.5) is 0 Å². The molecule has 0 radical (unpaired) electrons. The fourth-order valence-corrected chi connectivity index (χ4v) is 3.32. The van der Waals surface area contributed by atoms with Gasteiger partial charge in [-0.3, -0.25) is 4.90 Å². The molecule has 0 aromatic carbocycles. The maximum absolute atomic E-state index is 9.20. The maximum Gasteiger partial charge on any atom is 0.0689 e. The molecular formula is C16H29N3. The fraction of sp³-hybridized carbons (Fsp3) is 0.938. The lowest BCUT2D eigenvalue weighted by Gasteiger charge is -2.37. The van der Waals surface area contributed by atoms with Gasteiger partial charge in [-0.05, 0) is 46.1 Å². The highest BCUT2D eigenvalue weighted by atomic mass is 15.3. The van der Waals surface area contributed by atoms with Gasteiger partial charge in [0.1, 0.15) is 0 Å². The van der Waals surface area contributed by atoms with Crippen molar-refractivity contribution < 1.29 is 0 Å². The van der Waals surface area contributed by atoms with Gasteiger partial charge in [-0.25, -0.2) is 0 Å². The summed E-state index contributed by atoms with van der Waals surface area (Å²) in [7, 11) is 0. The van der Waals surface area contributed by atoms with Gasteiger partial charge in [-0.2, -0.15) is 5.26 Å². The van der Waals surface area contributed by atoms with Crippen molar-refractivity contribution in [1.29, 1.82) is 5.26 Å². The molecular weight excluding hydrogens is 234 g/mol. The molecule has 0 aromatic rings. The van der Waals surface area contributed by atoms with Gasteiger partial charge in [0.05, 0.1) is 11.5 Å². The average Bonchev–Trinajstić information content (AvgIpc) is 2.37. The van der Waals surface area contributed by atoms with Crippen molar-refractivity contribution in [2.45, 2.75) is 58.4 Å². The van der Waals surface area contributed by atoms with Crippen LogP contribution in [-0.2, 0) is 0 Å². The summed E-state index contributed by atoms with van der Waals surface area (Å²) in [6, 6.07) is 3.24. The first-order valence-corrected chi connectivity index (χ1v) is 8.03. The molecule has 0 aromatic heterocycles. The minimum Gasteiger partial charge on any atom is -0.301 e. The Kier molecular flexibility index (Phi) is 5.24. The van der Waals surface area contributed by atoms with Crippen molar-refractivity contribution in [3.63, 3.8) is 0 Å². The van der Waals surface area contributed by atoms with Crippen molar-refractivity contribution in [2.75, 3.05) is 32.7 Å². The quantitative estimate of drug-likeness (QED) is 0.690. The Morgan fingerprint density at radius 2 is 1.79 bits per heavy atom. The van der Waals surface area contributed by atoms with E-state index in [2.05, 4.69) is 29.7 Å². The van der Waals surface area contributed by atoms with E-state index < -0.39 is 0 Å². The SMILES string of the molecule is CC(C)N1CCN(CCCCC2(C#N)CCC2)CC1. The van der Waals surface area contributed by atoms with Gasteiger partial charge >= 0.3 is 0 Å². The summed E-state index contributed by atoms with van der Waals surface area (Å²) in [5.41, 5.74) is 0.0797. The summed E-state index contributed by atoms with van der Waals surface area (Å²) in [4.78, 5) is 5.16. The zero-order valence-corrected chi connectivity index (χ0v) is 12.7. The van der Waals surface area contributed by atoms with E-state index in [0.29, 0.717) is 6.04 Å². The molecule has 108 valence electrons. The number of nitrogens with zero attached hydrogens (tertiary/aromatic N) is 3. The molecule has 1 aliphatic heterocycles. The molecule has 1 saturated heterocycles. The number of nitriles is 1. The van der Waals surface area contributed by atoms with Crippen molar-refractivity contribution in [3.05, 3.63) is 0 Å². The molecule has 2 aliphatic rings. The van der Waals surface area contributed by atoms with Gasteiger partial charge in [0.2, 0.25) is 0 Å². The van der Waals surface area contributed by atoms with Gasteiger partial charge in [0.25, 0.3) is 0 Å². The highest BCUT2D eigenvalue weighted by Gasteiger charge is 2.36. The second-order valence-corrected chi connectivity index (χ2v) is 6.67. The zero-order chi connectivity index (χ0) is 13.7. The molecule has 3 heteroatoms. The van der Waals surface area contributed by atoms with Crippen LogP contribution in [0.2, 0.25) is 0 Å². The lowest BCUT2D eigenvalue weighted by Crippen LogP contribution is -2.48. The van der Waals surface area contributed by atoms with Gasteiger partial charge in [0.15, 0.2) is 0 Å². The molecule has 3 nitrogen and oxygen atoms in total. The number of hydrogen-bond donors (Lipinski definition) is 0. The average molecular weight is 263 g/mol. The third kappa shape index (κ3) is 3.94. The Bertz CT molecular complexity index is 306. The van der Waals surface area contributed by atoms with Crippen LogP contribution in [0.1, 0.15) is 52.4 Å². The van der Waals surface area contributed by atoms with Crippen LogP contribution in [0.5, 0.6) is 0 Å². The van der Waals surface area contributed by atoms with Crippen molar-refractivity contribution in [3.8, 4) is 6.07 Å². The smallest absolute Gasteiger partial charge is 0.0689 e. The molecule has 0 atom stereocenters. The highest BCUT2D eigenvalue weighted by molar-refractivity contribution is 5.04. The molecule has 0 spiro atoms. The largest absolute Gasteiger partial charge is 0.301 e. The van der Waals surface area contributed by atoms with Crippen LogP contribution < -0.4 is 0 Å². The molecule has 1 saturated carbocycles. The van der Waals surface area contributed by atoms with Gasteiger partial charge < -0.3 is 4.90 Å². The van der Waals surface area contributed by atoms with Crippen molar-refractivity contribution >= 4 is 0 Å². The first kappa shape index (κ1) is 14.8. The Hall–Kier alpha value is -0.590. The Morgan fingerprint density at radius 3 is 2.26 bits per heavy atom. The predicted molar refractivity (Wildman–Crippen MR) is 78.9 cm³/mol. The summed E-state index contributed by atoms with van der Waals surface area (Å²) in [6.45, 7) is 10.7. The maximum atomic E-state index is 9.20. The lowest BCUT2D eigenvalue weighted by molar-refractivity contribution is 0.105. The van der Waals surface area contributed by atoms with Crippen LogP contribution in [0.15, 0.2) is 0 Å². The van der Waals surface area contributed by atoms with E-state index in [0.717, 1.165) is 19.3 Å². The summed E-state index contributed by atoms with van der Waals surface area (Å²) in [5, 5.41) is 9.20. The topological polar surface area (TPSA) is 30.3 Å². The van der Waals surface area contributed by atoms with Gasteiger partial charge in [-0.15, -0.1) is 0 Å². The van der Waals surface area contributed by atoms with Gasteiger partial charge in [-0.1, -0.05) is 12.8 Å². The van der Waals surface area contributed by atoms with Crippen molar-refractivity contribution in [1.82, 2.24) is 9.80 Å². The summed E-state index contributed by atoms with van der Waals surface area (Å²) >= 11 is 0. The summed E-state index contributed by atoms with van der Waals surface area (Å²) < 4.78 is 0. The van der Waals surface area contributed by atoms with E-state index in [1.807, 2.05) is 0 Å². The number of unbranched alkanes of at least 4 members (excludes halogenated alkanes) is 1. The normalized spacial score (nSPS) is 24.1. The first-order valence-electron chi connectivity index (χ1n) is 8.03. The Balaban J connectivity index is 1.56. The van der Waals surface area contributed by atoms with E-state index in [1.165, 1.54) is 52.0 Å². The zero-order valence-electron chi connectivity index (χ0n) is 12.7. The number of hydrogen-bond acceptors (Lipinski definition) is 3. The van der Waals surface area contributed by atoms with Crippen LogP contribution in [0, 0.1) is 16.7 Å². The number of piperazine rings is 1. The first-order chi connectivity index (χ1) is 9.15. The Labute approximate surface area is 118 Å². The highest BCUT2D eigenvalue weighted by Crippen LogP contribution is 2.44. The van der Waals surface area contributed by atoms with E-state index in [-0.39, 0.29) is 5.41 Å². The third-order valence-electron chi connectivity index (χ3n) is 5.06. The van der Waals surface area contributed by atoms with E-state index in [9.17, 15) is 5.26 Å². The molecule has 0 N–H and O–H groups in total. The van der Waals surface area contributed by atoms with E-state index >= 15 is 0 Å². The molecule has 0 unspecified atom stereocenters. The molecule has 0 amide bonds. The van der Waals surface area contributed by atoms with Crippen LogP contribution >= 0.6 is 0 Å². The lowest BCUT2D eigenvalue weighted by atomic mass is 9.67. The van der Waals surface area contributed by atoms with Crippen LogP contribution in [0.3, 0.4) is 0 Å². The fourth-order valence-electron chi connectivity index (χ4n) is 3.32. The van der Waals surface area contributed by atoms with Crippen molar-refractivity contribution in [2.24, 2.45) is 5.41 Å². The third-order valence-corrected chi connectivity index (χ3v) is 5.06. The standard InChI is InChI=1S/C16H29N3/c1-15(2)19-12-10-18(11-13-19)9-4-3-6-16(14-17)7-5-8-16/h15H,3-13H2,1-2H3. The minimum atomic E-state index is 0.0797. The second-order valence-electron chi connectivity index (χ2n) is 6.67. The molecule has 2 rings (SSSR count). The summed E-state index contributed by atoms with van der Waals surface area (Å²) in [6.07, 6.45) is 7.20. The van der Waals surface area contributed by atoms with Crippen LogP contribution in [0.25, 0.3) is 0 Å². The molecule has 1 aliphatic carbocycles. The Morgan fingerprint density at radius 1 is 1.11 bits per heavy atom. The predicted octanol–water partition coefficient (Wildman–Crippen LogP) is 2.88. The molecule has 2 fully saturated rings. The molecule has 1 heterocycles. The summed E-state index contributed by atoms with van der Waals surface area (Å²) in [5.74, 6) is 0.